The van der Waals surface area contributed by atoms with E-state index >= 15 is 0 Å². The second kappa shape index (κ2) is 5.11. The van der Waals surface area contributed by atoms with Crippen LogP contribution in [0.15, 0.2) is 12.3 Å². The minimum atomic E-state index is -3.25. The summed E-state index contributed by atoms with van der Waals surface area (Å²) in [5, 5.41) is 10.3. The number of aromatic nitrogens is 1. The standard InChI is InChI=1S/C15H26N2O3S/c1-14(2)8-12-11(13(18)9-14)6-7-17(12)10-15(3,4)16-21(5,19)20/h6-7,13,16,18H,8-10H2,1-5H3. The molecule has 0 saturated heterocycles. The Morgan fingerprint density at radius 1 is 1.48 bits per heavy atom. The molecular formula is C15H26N2O3S. The molecule has 0 fully saturated rings. The third-order valence-electron chi connectivity index (χ3n) is 3.89. The first-order valence-corrected chi connectivity index (χ1v) is 9.13. The van der Waals surface area contributed by atoms with Crippen LogP contribution in [0.4, 0.5) is 0 Å². The van der Waals surface area contributed by atoms with Crippen LogP contribution in [0.1, 0.15) is 51.5 Å². The second-order valence-corrected chi connectivity index (χ2v) is 9.41. The van der Waals surface area contributed by atoms with Gasteiger partial charge < -0.3 is 9.67 Å². The van der Waals surface area contributed by atoms with Gasteiger partial charge in [-0.1, -0.05) is 13.8 Å². The van der Waals surface area contributed by atoms with E-state index in [4.69, 9.17) is 0 Å². The molecule has 0 saturated carbocycles. The molecule has 0 aromatic carbocycles. The Morgan fingerprint density at radius 3 is 2.67 bits per heavy atom. The molecule has 6 heteroatoms. The lowest BCUT2D eigenvalue weighted by Gasteiger charge is -2.35. The predicted octanol–water partition coefficient (Wildman–Crippen LogP) is 1.82. The molecule has 1 aromatic heterocycles. The Hall–Kier alpha value is -0.850. The van der Waals surface area contributed by atoms with Crippen LogP contribution in [0.25, 0.3) is 0 Å². The van der Waals surface area contributed by atoms with E-state index in [1.54, 1.807) is 0 Å². The van der Waals surface area contributed by atoms with Crippen molar-refractivity contribution in [2.45, 2.75) is 58.7 Å². The van der Waals surface area contributed by atoms with Gasteiger partial charge in [-0.3, -0.25) is 0 Å². The molecule has 0 radical (unpaired) electrons. The fourth-order valence-electron chi connectivity index (χ4n) is 3.30. The number of aliphatic hydroxyl groups is 1. The smallest absolute Gasteiger partial charge is 0.209 e. The highest BCUT2D eigenvalue weighted by molar-refractivity contribution is 7.88. The summed E-state index contributed by atoms with van der Waals surface area (Å²) >= 11 is 0. The molecule has 1 aliphatic carbocycles. The molecule has 2 N–H and O–H groups in total. The first-order valence-electron chi connectivity index (χ1n) is 7.24. The van der Waals surface area contributed by atoms with Crippen molar-refractivity contribution in [1.82, 2.24) is 9.29 Å². The minimum Gasteiger partial charge on any atom is -0.388 e. The molecule has 120 valence electrons. The summed E-state index contributed by atoms with van der Waals surface area (Å²) in [7, 11) is -3.25. The summed E-state index contributed by atoms with van der Waals surface area (Å²) in [6.07, 6.45) is 4.33. The van der Waals surface area contributed by atoms with Gasteiger partial charge in [0.1, 0.15) is 0 Å². The lowest BCUT2D eigenvalue weighted by atomic mass is 9.75. The van der Waals surface area contributed by atoms with Crippen LogP contribution in [-0.4, -0.2) is 29.9 Å². The molecule has 2 rings (SSSR count). The van der Waals surface area contributed by atoms with Crippen LogP contribution in [0.2, 0.25) is 0 Å². The molecule has 0 aliphatic heterocycles. The molecule has 1 heterocycles. The van der Waals surface area contributed by atoms with Crippen molar-refractivity contribution < 1.29 is 13.5 Å². The molecule has 0 spiro atoms. The number of hydrogen-bond acceptors (Lipinski definition) is 3. The summed E-state index contributed by atoms with van der Waals surface area (Å²) in [4.78, 5) is 0. The summed E-state index contributed by atoms with van der Waals surface area (Å²) in [6, 6.07) is 1.95. The SMILES string of the molecule is CC1(C)Cc2c(ccn2CC(C)(C)NS(C)(=O)=O)C(O)C1. The highest BCUT2D eigenvalue weighted by Gasteiger charge is 2.34. The van der Waals surface area contributed by atoms with E-state index in [0.717, 1.165) is 24.1 Å². The topological polar surface area (TPSA) is 71.3 Å². The summed E-state index contributed by atoms with van der Waals surface area (Å²) in [6.45, 7) is 8.57. The molecule has 1 atom stereocenters. The van der Waals surface area contributed by atoms with Crippen LogP contribution in [0.3, 0.4) is 0 Å². The molecule has 0 amide bonds. The van der Waals surface area contributed by atoms with Gasteiger partial charge in [-0.05, 0) is 38.2 Å². The zero-order valence-electron chi connectivity index (χ0n) is 13.5. The van der Waals surface area contributed by atoms with Crippen molar-refractivity contribution in [1.29, 1.82) is 0 Å². The number of hydrogen-bond donors (Lipinski definition) is 2. The fraction of sp³-hybridized carbons (Fsp3) is 0.733. The minimum absolute atomic E-state index is 0.0525. The lowest BCUT2D eigenvalue weighted by molar-refractivity contribution is 0.0975. The number of rotatable bonds is 4. The van der Waals surface area contributed by atoms with Crippen LogP contribution in [-0.2, 0) is 23.0 Å². The maximum atomic E-state index is 11.5. The quantitative estimate of drug-likeness (QED) is 0.890. The van der Waals surface area contributed by atoms with Crippen molar-refractivity contribution in [2.24, 2.45) is 5.41 Å². The maximum Gasteiger partial charge on any atom is 0.209 e. The summed E-state index contributed by atoms with van der Waals surface area (Å²) in [5.74, 6) is 0. The van der Waals surface area contributed by atoms with Gasteiger partial charge in [0.15, 0.2) is 0 Å². The second-order valence-electron chi connectivity index (χ2n) is 7.66. The van der Waals surface area contributed by atoms with Gasteiger partial charge in [0.05, 0.1) is 12.4 Å². The van der Waals surface area contributed by atoms with E-state index in [-0.39, 0.29) is 5.41 Å². The molecule has 21 heavy (non-hydrogen) atoms. The van der Waals surface area contributed by atoms with Crippen molar-refractivity contribution >= 4 is 10.0 Å². The third kappa shape index (κ3) is 4.08. The van der Waals surface area contributed by atoms with Crippen molar-refractivity contribution in [2.75, 3.05) is 6.26 Å². The van der Waals surface area contributed by atoms with Gasteiger partial charge in [0.2, 0.25) is 10.0 Å². The number of sulfonamides is 1. The Bertz CT molecular complexity index is 629. The largest absolute Gasteiger partial charge is 0.388 e. The fourth-order valence-corrected chi connectivity index (χ4v) is 4.36. The van der Waals surface area contributed by atoms with Gasteiger partial charge in [0.25, 0.3) is 0 Å². The normalized spacial score (nSPS) is 22.1. The van der Waals surface area contributed by atoms with Crippen LogP contribution in [0.5, 0.6) is 0 Å². The number of nitrogens with zero attached hydrogens (tertiary/aromatic N) is 1. The lowest BCUT2D eigenvalue weighted by Crippen LogP contribution is -2.46. The number of nitrogens with one attached hydrogen (secondary N) is 1. The van der Waals surface area contributed by atoms with Crippen LogP contribution in [0, 0.1) is 5.41 Å². The van der Waals surface area contributed by atoms with Crippen molar-refractivity contribution in [3.63, 3.8) is 0 Å². The molecule has 5 nitrogen and oxygen atoms in total. The van der Waals surface area contributed by atoms with E-state index in [0.29, 0.717) is 6.54 Å². The van der Waals surface area contributed by atoms with E-state index in [9.17, 15) is 13.5 Å². The van der Waals surface area contributed by atoms with Gasteiger partial charge >= 0.3 is 0 Å². The number of fused-ring (bicyclic) bond motifs is 1. The van der Waals surface area contributed by atoms with E-state index in [1.165, 1.54) is 6.26 Å². The maximum absolute atomic E-state index is 11.5. The Kier molecular flexibility index (Phi) is 4.02. The average molecular weight is 314 g/mol. The number of aliphatic hydroxyl groups excluding tert-OH is 1. The van der Waals surface area contributed by atoms with Crippen molar-refractivity contribution in [3.8, 4) is 0 Å². The zero-order valence-corrected chi connectivity index (χ0v) is 14.3. The zero-order chi connectivity index (χ0) is 16.1. The van der Waals surface area contributed by atoms with Gasteiger partial charge in [0, 0.05) is 29.5 Å². The average Bonchev–Trinajstić information content (AvgIpc) is 2.55. The molecule has 1 aliphatic rings. The third-order valence-corrected chi connectivity index (χ3v) is 4.82. The van der Waals surface area contributed by atoms with Crippen LogP contribution >= 0.6 is 0 Å². The van der Waals surface area contributed by atoms with E-state index in [1.807, 2.05) is 26.1 Å². The van der Waals surface area contributed by atoms with E-state index < -0.39 is 21.7 Å². The first-order chi connectivity index (χ1) is 9.39. The van der Waals surface area contributed by atoms with Gasteiger partial charge in [-0.2, -0.15) is 0 Å². The Labute approximate surface area is 127 Å². The van der Waals surface area contributed by atoms with Gasteiger partial charge in [-0.15, -0.1) is 0 Å². The van der Waals surface area contributed by atoms with Gasteiger partial charge in [-0.25, -0.2) is 13.1 Å². The Balaban J connectivity index is 2.28. The van der Waals surface area contributed by atoms with E-state index in [2.05, 4.69) is 23.1 Å². The first kappa shape index (κ1) is 16.5. The monoisotopic (exact) mass is 314 g/mol. The molecule has 0 bridgehead atoms. The van der Waals surface area contributed by atoms with Crippen molar-refractivity contribution in [3.05, 3.63) is 23.5 Å². The molecule has 1 aromatic rings. The summed E-state index contributed by atoms with van der Waals surface area (Å²) in [5.41, 5.74) is 1.57. The predicted molar refractivity (Wildman–Crippen MR) is 83.6 cm³/mol. The highest BCUT2D eigenvalue weighted by atomic mass is 32.2. The molecular weight excluding hydrogens is 288 g/mol. The van der Waals surface area contributed by atoms with Crippen LogP contribution < -0.4 is 4.72 Å². The molecule has 1 unspecified atom stereocenters. The highest BCUT2D eigenvalue weighted by Crippen LogP contribution is 2.41. The Morgan fingerprint density at radius 2 is 2.10 bits per heavy atom. The summed E-state index contributed by atoms with van der Waals surface area (Å²) < 4.78 is 27.6.